The quantitative estimate of drug-likeness (QED) is 0.791. The average Bonchev–Trinajstić information content (AvgIpc) is 2.35. The first-order chi connectivity index (χ1) is 8.17. The van der Waals surface area contributed by atoms with Gasteiger partial charge in [-0.1, -0.05) is 12.1 Å². The highest BCUT2D eigenvalue weighted by atomic mass is 16.5. The number of benzene rings is 1. The van der Waals surface area contributed by atoms with Crippen LogP contribution in [0.4, 0.5) is 0 Å². The summed E-state index contributed by atoms with van der Waals surface area (Å²) in [5.74, 6) is 0.924. The van der Waals surface area contributed by atoms with Crippen molar-refractivity contribution in [3.05, 3.63) is 29.8 Å². The first kappa shape index (κ1) is 14.0. The number of methoxy groups -OCH3 is 1. The van der Waals surface area contributed by atoms with Crippen LogP contribution in [0.1, 0.15) is 31.9 Å². The Morgan fingerprint density at radius 2 is 2.06 bits per heavy atom. The summed E-state index contributed by atoms with van der Waals surface area (Å²) in [6.07, 6.45) is 1.08. The first-order valence-electron chi connectivity index (χ1n) is 6.10. The molecule has 0 amide bonds. The van der Waals surface area contributed by atoms with E-state index >= 15 is 0 Å². The van der Waals surface area contributed by atoms with Crippen molar-refractivity contribution in [2.24, 2.45) is 0 Å². The second-order valence-electron chi connectivity index (χ2n) is 4.29. The van der Waals surface area contributed by atoms with Crippen LogP contribution in [0.3, 0.4) is 0 Å². The summed E-state index contributed by atoms with van der Waals surface area (Å²) >= 11 is 0. The molecule has 2 unspecified atom stereocenters. The third-order valence-electron chi connectivity index (χ3n) is 2.86. The Morgan fingerprint density at radius 3 is 2.71 bits per heavy atom. The Morgan fingerprint density at radius 1 is 1.29 bits per heavy atom. The van der Waals surface area contributed by atoms with Crippen molar-refractivity contribution in [3.63, 3.8) is 0 Å². The standard InChI is InChI=1S/C14H23NO2/c1-11(8-9-16-4)17-14-7-5-6-13(10-14)12(2)15-3/h5-7,10-12,15H,8-9H2,1-4H3. The minimum atomic E-state index is 0.176. The van der Waals surface area contributed by atoms with E-state index in [4.69, 9.17) is 9.47 Å². The van der Waals surface area contributed by atoms with Crippen LogP contribution in [0.15, 0.2) is 24.3 Å². The molecule has 1 aromatic carbocycles. The van der Waals surface area contributed by atoms with Gasteiger partial charge >= 0.3 is 0 Å². The van der Waals surface area contributed by atoms with Crippen molar-refractivity contribution in [2.75, 3.05) is 20.8 Å². The predicted octanol–water partition coefficient (Wildman–Crippen LogP) is 2.77. The van der Waals surface area contributed by atoms with Crippen LogP contribution in [0.2, 0.25) is 0 Å². The smallest absolute Gasteiger partial charge is 0.120 e. The summed E-state index contributed by atoms with van der Waals surface area (Å²) in [6, 6.07) is 8.56. The van der Waals surface area contributed by atoms with E-state index in [1.165, 1.54) is 5.56 Å². The van der Waals surface area contributed by atoms with Crippen molar-refractivity contribution < 1.29 is 9.47 Å². The lowest BCUT2D eigenvalue weighted by Gasteiger charge is -2.16. The molecule has 0 heterocycles. The third kappa shape index (κ3) is 4.75. The van der Waals surface area contributed by atoms with Gasteiger partial charge < -0.3 is 14.8 Å². The summed E-state index contributed by atoms with van der Waals surface area (Å²) in [7, 11) is 3.67. The molecule has 3 heteroatoms. The fourth-order valence-electron chi connectivity index (χ4n) is 1.60. The van der Waals surface area contributed by atoms with Crippen molar-refractivity contribution in [3.8, 4) is 5.75 Å². The van der Waals surface area contributed by atoms with E-state index < -0.39 is 0 Å². The zero-order valence-electron chi connectivity index (χ0n) is 11.2. The summed E-state index contributed by atoms with van der Waals surface area (Å²) in [4.78, 5) is 0. The van der Waals surface area contributed by atoms with Crippen LogP contribution in [-0.4, -0.2) is 26.9 Å². The second-order valence-corrected chi connectivity index (χ2v) is 4.29. The van der Waals surface area contributed by atoms with Crippen LogP contribution in [0, 0.1) is 0 Å². The van der Waals surface area contributed by atoms with Crippen molar-refractivity contribution in [1.82, 2.24) is 5.32 Å². The van der Waals surface area contributed by atoms with Gasteiger partial charge in [0.05, 0.1) is 6.10 Å². The molecule has 17 heavy (non-hydrogen) atoms. The highest BCUT2D eigenvalue weighted by Gasteiger charge is 2.06. The summed E-state index contributed by atoms with van der Waals surface area (Å²) < 4.78 is 10.9. The summed E-state index contributed by atoms with van der Waals surface area (Å²) in [6.45, 7) is 4.93. The maximum absolute atomic E-state index is 5.84. The van der Waals surface area contributed by atoms with Gasteiger partial charge in [0.2, 0.25) is 0 Å². The molecule has 0 aliphatic rings. The van der Waals surface area contributed by atoms with Gasteiger partial charge in [0.1, 0.15) is 5.75 Å². The molecule has 2 atom stereocenters. The normalized spacial score (nSPS) is 14.4. The Labute approximate surface area is 104 Å². The number of rotatable bonds is 7. The Hall–Kier alpha value is -1.06. The van der Waals surface area contributed by atoms with Gasteiger partial charge in [0.15, 0.2) is 0 Å². The highest BCUT2D eigenvalue weighted by Crippen LogP contribution is 2.20. The van der Waals surface area contributed by atoms with Crippen molar-refractivity contribution in [2.45, 2.75) is 32.4 Å². The summed E-state index contributed by atoms with van der Waals surface area (Å²) in [5, 5.41) is 3.22. The van der Waals surface area contributed by atoms with Gasteiger partial charge in [-0.2, -0.15) is 0 Å². The zero-order chi connectivity index (χ0) is 12.7. The molecule has 0 bridgehead atoms. The Bertz CT molecular complexity index is 328. The molecular weight excluding hydrogens is 214 g/mol. The van der Waals surface area contributed by atoms with E-state index in [1.807, 2.05) is 19.2 Å². The lowest BCUT2D eigenvalue weighted by molar-refractivity contribution is 0.135. The maximum Gasteiger partial charge on any atom is 0.120 e. The minimum absolute atomic E-state index is 0.176. The van der Waals surface area contributed by atoms with E-state index in [1.54, 1.807) is 7.11 Å². The molecule has 0 saturated carbocycles. The fraction of sp³-hybridized carbons (Fsp3) is 0.571. The van der Waals surface area contributed by atoms with E-state index in [0.29, 0.717) is 6.04 Å². The maximum atomic E-state index is 5.84. The molecule has 0 fully saturated rings. The van der Waals surface area contributed by atoms with E-state index in [2.05, 4.69) is 31.3 Å². The molecule has 0 saturated heterocycles. The Balaban J connectivity index is 2.59. The minimum Gasteiger partial charge on any atom is -0.491 e. The van der Waals surface area contributed by atoms with E-state index in [-0.39, 0.29) is 6.10 Å². The molecule has 0 aromatic heterocycles. The zero-order valence-corrected chi connectivity index (χ0v) is 11.2. The van der Waals surface area contributed by atoms with Crippen LogP contribution in [-0.2, 0) is 4.74 Å². The molecule has 1 N–H and O–H groups in total. The van der Waals surface area contributed by atoms with Crippen LogP contribution >= 0.6 is 0 Å². The van der Waals surface area contributed by atoms with Gasteiger partial charge in [-0.25, -0.2) is 0 Å². The van der Waals surface area contributed by atoms with Gasteiger partial charge in [0, 0.05) is 26.2 Å². The third-order valence-corrected chi connectivity index (χ3v) is 2.86. The topological polar surface area (TPSA) is 30.5 Å². The number of hydrogen-bond acceptors (Lipinski definition) is 3. The summed E-state index contributed by atoms with van der Waals surface area (Å²) in [5.41, 5.74) is 1.24. The van der Waals surface area contributed by atoms with Crippen LogP contribution in [0.5, 0.6) is 5.75 Å². The van der Waals surface area contributed by atoms with Crippen LogP contribution < -0.4 is 10.1 Å². The average molecular weight is 237 g/mol. The lowest BCUT2D eigenvalue weighted by atomic mass is 10.1. The van der Waals surface area contributed by atoms with Gasteiger partial charge in [-0.3, -0.25) is 0 Å². The number of ether oxygens (including phenoxy) is 2. The molecule has 0 spiro atoms. The van der Waals surface area contributed by atoms with Gasteiger partial charge in [-0.15, -0.1) is 0 Å². The van der Waals surface area contributed by atoms with Gasteiger partial charge in [-0.05, 0) is 38.6 Å². The SMILES string of the molecule is CNC(C)c1cccc(OC(C)CCOC)c1. The largest absolute Gasteiger partial charge is 0.491 e. The molecule has 1 aromatic rings. The number of nitrogens with one attached hydrogen (secondary N) is 1. The van der Waals surface area contributed by atoms with E-state index in [0.717, 1.165) is 18.8 Å². The molecular formula is C14H23NO2. The predicted molar refractivity (Wildman–Crippen MR) is 70.5 cm³/mol. The molecule has 3 nitrogen and oxygen atoms in total. The fourth-order valence-corrected chi connectivity index (χ4v) is 1.60. The Kier molecular flexibility index (Phi) is 6.01. The monoisotopic (exact) mass is 237 g/mol. The molecule has 96 valence electrons. The van der Waals surface area contributed by atoms with Crippen molar-refractivity contribution >= 4 is 0 Å². The van der Waals surface area contributed by atoms with Gasteiger partial charge in [0.25, 0.3) is 0 Å². The first-order valence-corrected chi connectivity index (χ1v) is 6.10. The second kappa shape index (κ2) is 7.30. The molecule has 1 rings (SSSR count). The molecule has 0 aliphatic carbocycles. The lowest BCUT2D eigenvalue weighted by Crippen LogP contribution is -2.15. The van der Waals surface area contributed by atoms with Crippen LogP contribution in [0.25, 0.3) is 0 Å². The highest BCUT2D eigenvalue weighted by molar-refractivity contribution is 5.30. The number of hydrogen-bond donors (Lipinski definition) is 1. The van der Waals surface area contributed by atoms with E-state index in [9.17, 15) is 0 Å². The molecule has 0 radical (unpaired) electrons. The molecule has 0 aliphatic heterocycles. The van der Waals surface area contributed by atoms with Crippen molar-refractivity contribution in [1.29, 1.82) is 0 Å².